The summed E-state index contributed by atoms with van der Waals surface area (Å²) in [5, 5.41) is 13.3. The first-order valence-corrected chi connectivity index (χ1v) is 5.01. The van der Waals surface area contributed by atoms with Gasteiger partial charge in [0.25, 0.3) is 0 Å². The van der Waals surface area contributed by atoms with Gasteiger partial charge in [0, 0.05) is 5.92 Å². The van der Waals surface area contributed by atoms with Crippen LogP contribution in [0.2, 0.25) is 0 Å². The molecule has 0 spiro atoms. The lowest BCUT2D eigenvalue weighted by molar-refractivity contribution is 0.398. The van der Waals surface area contributed by atoms with Gasteiger partial charge >= 0.3 is 0 Å². The van der Waals surface area contributed by atoms with Gasteiger partial charge in [0.05, 0.1) is 0 Å². The van der Waals surface area contributed by atoms with Crippen molar-refractivity contribution in [1.29, 1.82) is 0 Å². The van der Waals surface area contributed by atoms with Crippen LogP contribution < -0.4 is 0 Å². The second kappa shape index (κ2) is 3.81. The van der Waals surface area contributed by atoms with E-state index in [-0.39, 0.29) is 5.75 Å². The van der Waals surface area contributed by atoms with Crippen molar-refractivity contribution in [3.8, 4) is 5.75 Å². The number of aromatic hydroxyl groups is 1. The van der Waals surface area contributed by atoms with E-state index in [1.165, 1.54) is 31.9 Å². The Labute approximate surface area is 77.7 Å². The largest absolute Gasteiger partial charge is 0.503 e. The van der Waals surface area contributed by atoms with E-state index >= 15 is 0 Å². The monoisotopic (exact) mass is 181 g/mol. The first-order chi connectivity index (χ1) is 6.38. The molecular weight excluding hydrogens is 166 g/mol. The van der Waals surface area contributed by atoms with Crippen LogP contribution in [0.25, 0.3) is 0 Å². The minimum Gasteiger partial charge on any atom is -0.503 e. The van der Waals surface area contributed by atoms with Gasteiger partial charge in [0.1, 0.15) is 5.69 Å². The van der Waals surface area contributed by atoms with Crippen LogP contribution in [0.3, 0.4) is 0 Å². The summed E-state index contributed by atoms with van der Waals surface area (Å²) in [5.74, 6) is 0.646. The fourth-order valence-corrected chi connectivity index (χ4v) is 2.08. The van der Waals surface area contributed by atoms with Gasteiger partial charge in [-0.05, 0) is 12.8 Å². The molecule has 1 aliphatic rings. The topological polar surface area (TPSA) is 46.3 Å². The van der Waals surface area contributed by atoms with Crippen LogP contribution >= 0.6 is 0 Å². The Bertz CT molecular complexity index is 262. The first-order valence-electron chi connectivity index (χ1n) is 5.01. The Balaban J connectivity index is 2.10. The van der Waals surface area contributed by atoms with Gasteiger partial charge in [-0.25, -0.2) is 0 Å². The Morgan fingerprint density at radius 2 is 1.92 bits per heavy atom. The van der Waals surface area contributed by atoms with Crippen molar-refractivity contribution in [2.45, 2.75) is 44.4 Å². The average molecular weight is 181 g/mol. The zero-order valence-electron chi connectivity index (χ0n) is 7.70. The molecule has 1 aromatic heterocycles. The van der Waals surface area contributed by atoms with Gasteiger partial charge in [-0.2, -0.15) is 0 Å². The molecule has 3 nitrogen and oxygen atoms in total. The van der Waals surface area contributed by atoms with E-state index in [1.54, 1.807) is 0 Å². The summed E-state index contributed by atoms with van der Waals surface area (Å²) in [6.45, 7) is 0. The molecule has 3 heteroatoms. The summed E-state index contributed by atoms with van der Waals surface area (Å²) in [5.41, 5.74) is 0.766. The quantitative estimate of drug-likeness (QED) is 0.677. The molecule has 2 rings (SSSR count). The highest BCUT2D eigenvalue weighted by atomic mass is 16.5. The van der Waals surface area contributed by atoms with Gasteiger partial charge in [-0.1, -0.05) is 30.8 Å². The fraction of sp³-hybridized carbons (Fsp3) is 0.700. The maximum absolute atomic E-state index is 9.44. The van der Waals surface area contributed by atoms with Crippen molar-refractivity contribution < 1.29 is 9.63 Å². The standard InChI is InChI=1S/C10H15NO2/c12-9-7-13-11-10(9)8-5-3-1-2-4-6-8/h7-8,12H,1-6H2. The van der Waals surface area contributed by atoms with E-state index in [1.807, 2.05) is 0 Å². The highest BCUT2D eigenvalue weighted by Crippen LogP contribution is 2.34. The molecule has 13 heavy (non-hydrogen) atoms. The summed E-state index contributed by atoms with van der Waals surface area (Å²) < 4.78 is 4.74. The maximum Gasteiger partial charge on any atom is 0.179 e. The number of hydrogen-bond donors (Lipinski definition) is 1. The van der Waals surface area contributed by atoms with E-state index in [9.17, 15) is 5.11 Å². The van der Waals surface area contributed by atoms with Crippen LogP contribution in [-0.2, 0) is 0 Å². The van der Waals surface area contributed by atoms with Crippen LogP contribution in [0.5, 0.6) is 5.75 Å². The molecular formula is C10H15NO2. The highest BCUT2D eigenvalue weighted by molar-refractivity contribution is 5.24. The van der Waals surface area contributed by atoms with E-state index < -0.39 is 0 Å². The third-order valence-corrected chi connectivity index (χ3v) is 2.82. The molecule has 0 radical (unpaired) electrons. The minimum absolute atomic E-state index is 0.229. The molecule has 1 N–H and O–H groups in total. The van der Waals surface area contributed by atoms with Crippen LogP contribution in [0, 0.1) is 0 Å². The third-order valence-electron chi connectivity index (χ3n) is 2.82. The third kappa shape index (κ3) is 1.85. The smallest absolute Gasteiger partial charge is 0.179 e. The van der Waals surface area contributed by atoms with E-state index in [0.717, 1.165) is 18.5 Å². The van der Waals surface area contributed by atoms with Crippen molar-refractivity contribution in [3.63, 3.8) is 0 Å². The van der Waals surface area contributed by atoms with E-state index in [0.29, 0.717) is 5.92 Å². The number of hydrogen-bond acceptors (Lipinski definition) is 3. The Morgan fingerprint density at radius 3 is 2.46 bits per heavy atom. The Kier molecular flexibility index (Phi) is 2.52. The number of aromatic nitrogens is 1. The second-order valence-electron chi connectivity index (χ2n) is 3.77. The van der Waals surface area contributed by atoms with Gasteiger partial charge in [0.2, 0.25) is 0 Å². The Hall–Kier alpha value is -0.990. The van der Waals surface area contributed by atoms with Crippen molar-refractivity contribution >= 4 is 0 Å². The summed E-state index contributed by atoms with van der Waals surface area (Å²) >= 11 is 0. The van der Waals surface area contributed by atoms with Crippen molar-refractivity contribution in [3.05, 3.63) is 12.0 Å². The number of nitrogens with zero attached hydrogens (tertiary/aromatic N) is 1. The highest BCUT2D eigenvalue weighted by Gasteiger charge is 2.20. The molecule has 0 aliphatic heterocycles. The molecule has 1 saturated carbocycles. The van der Waals surface area contributed by atoms with Gasteiger partial charge in [-0.3, -0.25) is 0 Å². The zero-order chi connectivity index (χ0) is 9.10. The lowest BCUT2D eigenvalue weighted by atomic mass is 9.96. The van der Waals surface area contributed by atoms with E-state index in [2.05, 4.69) is 5.16 Å². The number of rotatable bonds is 1. The Morgan fingerprint density at radius 1 is 1.23 bits per heavy atom. The van der Waals surface area contributed by atoms with E-state index in [4.69, 9.17) is 4.52 Å². The molecule has 1 heterocycles. The van der Waals surface area contributed by atoms with Gasteiger partial charge in [0.15, 0.2) is 12.0 Å². The minimum atomic E-state index is 0.229. The van der Waals surface area contributed by atoms with Gasteiger partial charge < -0.3 is 9.63 Å². The molecule has 72 valence electrons. The first kappa shape index (κ1) is 8.60. The maximum atomic E-state index is 9.44. The molecule has 0 bridgehead atoms. The summed E-state index contributed by atoms with van der Waals surface area (Å²) in [7, 11) is 0. The van der Waals surface area contributed by atoms with Crippen molar-refractivity contribution in [2.24, 2.45) is 0 Å². The molecule has 0 aromatic carbocycles. The molecule has 0 unspecified atom stereocenters. The molecule has 1 aliphatic carbocycles. The molecule has 1 aromatic rings. The zero-order valence-corrected chi connectivity index (χ0v) is 7.70. The van der Waals surface area contributed by atoms with Crippen molar-refractivity contribution in [2.75, 3.05) is 0 Å². The second-order valence-corrected chi connectivity index (χ2v) is 3.77. The SMILES string of the molecule is Oc1conc1C1CCCCCC1. The molecule has 0 saturated heterocycles. The van der Waals surface area contributed by atoms with Crippen LogP contribution in [0.4, 0.5) is 0 Å². The summed E-state index contributed by atoms with van der Waals surface area (Å²) in [6.07, 6.45) is 8.72. The average Bonchev–Trinajstić information content (AvgIpc) is 2.43. The fourth-order valence-electron chi connectivity index (χ4n) is 2.08. The summed E-state index contributed by atoms with van der Waals surface area (Å²) in [6, 6.07) is 0. The molecule has 1 fully saturated rings. The van der Waals surface area contributed by atoms with Crippen LogP contribution in [-0.4, -0.2) is 10.3 Å². The lowest BCUT2D eigenvalue weighted by Gasteiger charge is -2.09. The van der Waals surface area contributed by atoms with Gasteiger partial charge in [-0.15, -0.1) is 0 Å². The predicted octanol–water partition coefficient (Wildman–Crippen LogP) is 2.82. The predicted molar refractivity (Wildman–Crippen MR) is 48.6 cm³/mol. The van der Waals surface area contributed by atoms with Crippen LogP contribution in [0.15, 0.2) is 10.8 Å². The molecule has 0 atom stereocenters. The summed E-state index contributed by atoms with van der Waals surface area (Å²) in [4.78, 5) is 0. The lowest BCUT2D eigenvalue weighted by Crippen LogP contribution is -1.97. The van der Waals surface area contributed by atoms with Crippen molar-refractivity contribution in [1.82, 2.24) is 5.16 Å². The normalized spacial score (nSPS) is 20.0. The van der Waals surface area contributed by atoms with Crippen LogP contribution in [0.1, 0.15) is 50.1 Å². The molecule has 0 amide bonds.